The van der Waals surface area contributed by atoms with Crippen LogP contribution in [0.1, 0.15) is 18.2 Å². The predicted molar refractivity (Wildman–Crippen MR) is 142 cm³/mol. The van der Waals surface area contributed by atoms with Gasteiger partial charge >= 0.3 is 0 Å². The lowest BCUT2D eigenvalue weighted by Gasteiger charge is -2.10. The van der Waals surface area contributed by atoms with Gasteiger partial charge in [-0.1, -0.05) is 73.3 Å². The maximum absolute atomic E-state index is 4.17. The first-order valence-electron chi connectivity index (χ1n) is 11.3. The molecule has 0 aliphatic carbocycles. The van der Waals surface area contributed by atoms with Crippen LogP contribution in [0.5, 0.6) is 0 Å². The molecule has 0 saturated heterocycles. The Labute approximate surface area is 193 Å². The van der Waals surface area contributed by atoms with Gasteiger partial charge in [-0.2, -0.15) is 0 Å². The third kappa shape index (κ3) is 2.88. The van der Waals surface area contributed by atoms with Gasteiger partial charge in [-0.15, -0.1) is 0 Å². The molecule has 0 radical (unpaired) electrons. The molecule has 6 aromatic rings. The van der Waals surface area contributed by atoms with E-state index in [1.54, 1.807) is 0 Å². The predicted octanol–water partition coefficient (Wildman–Crippen LogP) is 8.40. The van der Waals surface area contributed by atoms with Gasteiger partial charge in [0.2, 0.25) is 0 Å². The van der Waals surface area contributed by atoms with Crippen LogP contribution >= 0.6 is 0 Å². The molecular formula is C31H24N2. The van der Waals surface area contributed by atoms with E-state index in [9.17, 15) is 0 Å². The van der Waals surface area contributed by atoms with Crippen molar-refractivity contribution in [2.45, 2.75) is 6.92 Å². The lowest BCUT2D eigenvalue weighted by Crippen LogP contribution is -1.97. The minimum absolute atomic E-state index is 1.11. The highest BCUT2D eigenvalue weighted by atomic mass is 15.0. The topological polar surface area (TPSA) is 9.86 Å². The standard InChI is InChI=1S/C31H24N2/c1-3-13-24-26-20-27-25-18-11-12-19-29(25)33(23-16-9-6-10-17-23)31(27)21-30(26)32(28(24)4-2)22-14-7-5-8-15-22/h3-21H,2H2,1H3/b13-3-. The molecule has 0 aliphatic rings. The van der Waals surface area contributed by atoms with Crippen LogP contribution in [0.2, 0.25) is 0 Å². The molecule has 0 amide bonds. The van der Waals surface area contributed by atoms with Gasteiger partial charge in [-0.3, -0.25) is 0 Å². The fourth-order valence-electron chi connectivity index (χ4n) is 5.05. The first-order valence-corrected chi connectivity index (χ1v) is 11.3. The molecule has 2 aromatic heterocycles. The van der Waals surface area contributed by atoms with Gasteiger partial charge in [-0.05, 0) is 55.5 Å². The lowest BCUT2D eigenvalue weighted by atomic mass is 10.1. The number of allylic oxidation sites excluding steroid dienone is 1. The van der Waals surface area contributed by atoms with Crippen LogP contribution in [0, 0.1) is 0 Å². The van der Waals surface area contributed by atoms with E-state index in [0.717, 1.165) is 11.4 Å². The molecule has 2 heterocycles. The summed E-state index contributed by atoms with van der Waals surface area (Å²) in [7, 11) is 0. The lowest BCUT2D eigenvalue weighted by molar-refractivity contribution is 1.10. The fraction of sp³-hybridized carbons (Fsp3) is 0.0323. The maximum Gasteiger partial charge on any atom is 0.0562 e. The number of hydrogen-bond donors (Lipinski definition) is 0. The Balaban J connectivity index is 1.83. The van der Waals surface area contributed by atoms with Crippen molar-refractivity contribution in [1.82, 2.24) is 9.13 Å². The Morgan fingerprint density at radius 3 is 1.88 bits per heavy atom. The molecule has 0 bridgehead atoms. The Hall–Kier alpha value is -4.30. The average Bonchev–Trinajstić information content (AvgIpc) is 3.36. The molecule has 158 valence electrons. The highest BCUT2D eigenvalue weighted by molar-refractivity contribution is 6.15. The van der Waals surface area contributed by atoms with Crippen molar-refractivity contribution in [3.8, 4) is 11.4 Å². The summed E-state index contributed by atoms with van der Waals surface area (Å²) in [4.78, 5) is 0. The minimum Gasteiger partial charge on any atom is -0.309 e. The number of hydrogen-bond acceptors (Lipinski definition) is 0. The van der Waals surface area contributed by atoms with Crippen molar-refractivity contribution in [2.24, 2.45) is 0 Å². The van der Waals surface area contributed by atoms with E-state index in [4.69, 9.17) is 0 Å². The number of benzene rings is 4. The number of aromatic nitrogens is 2. The molecule has 2 nitrogen and oxygen atoms in total. The van der Waals surface area contributed by atoms with Gasteiger partial charge < -0.3 is 9.13 Å². The monoisotopic (exact) mass is 424 g/mol. The molecule has 0 fully saturated rings. The highest BCUT2D eigenvalue weighted by Crippen LogP contribution is 2.39. The minimum atomic E-state index is 1.11. The van der Waals surface area contributed by atoms with Crippen LogP contribution in [0.3, 0.4) is 0 Å². The fourth-order valence-corrected chi connectivity index (χ4v) is 5.05. The van der Waals surface area contributed by atoms with Crippen molar-refractivity contribution in [3.63, 3.8) is 0 Å². The van der Waals surface area contributed by atoms with Gasteiger partial charge in [0, 0.05) is 33.1 Å². The Kier molecular flexibility index (Phi) is 4.51. The van der Waals surface area contributed by atoms with Crippen molar-refractivity contribution in [3.05, 3.63) is 121 Å². The molecule has 4 aromatic carbocycles. The second kappa shape index (κ2) is 7.68. The van der Waals surface area contributed by atoms with Crippen LogP contribution in [0.4, 0.5) is 0 Å². The second-order valence-electron chi connectivity index (χ2n) is 8.25. The third-order valence-electron chi connectivity index (χ3n) is 6.39. The van der Waals surface area contributed by atoms with Gasteiger partial charge in [0.05, 0.1) is 22.2 Å². The summed E-state index contributed by atoms with van der Waals surface area (Å²) in [5, 5.41) is 3.75. The number of rotatable bonds is 4. The number of fused-ring (bicyclic) bond motifs is 4. The summed E-state index contributed by atoms with van der Waals surface area (Å²) in [6, 6.07) is 34.5. The summed E-state index contributed by atoms with van der Waals surface area (Å²) < 4.78 is 4.69. The molecule has 0 atom stereocenters. The van der Waals surface area contributed by atoms with Crippen LogP contribution in [0.15, 0.2) is 110 Å². The molecule has 0 saturated carbocycles. The van der Waals surface area contributed by atoms with Gasteiger partial charge in [0.15, 0.2) is 0 Å². The van der Waals surface area contributed by atoms with Crippen molar-refractivity contribution >= 4 is 44.9 Å². The molecular weight excluding hydrogens is 400 g/mol. The normalized spacial score (nSPS) is 11.8. The molecule has 0 N–H and O–H groups in total. The smallest absolute Gasteiger partial charge is 0.0562 e. The zero-order valence-electron chi connectivity index (χ0n) is 18.6. The zero-order chi connectivity index (χ0) is 22.4. The molecule has 6 rings (SSSR count). The summed E-state index contributed by atoms with van der Waals surface area (Å²) in [6.07, 6.45) is 6.27. The maximum atomic E-state index is 4.17. The summed E-state index contributed by atoms with van der Waals surface area (Å²) in [5.41, 5.74) is 8.20. The molecule has 2 heteroatoms. The quantitative estimate of drug-likeness (QED) is 0.269. The molecule has 33 heavy (non-hydrogen) atoms. The highest BCUT2D eigenvalue weighted by Gasteiger charge is 2.19. The van der Waals surface area contributed by atoms with Gasteiger partial charge in [-0.25, -0.2) is 0 Å². The largest absolute Gasteiger partial charge is 0.309 e. The Morgan fingerprint density at radius 2 is 1.21 bits per heavy atom. The molecule has 0 spiro atoms. The van der Waals surface area contributed by atoms with Crippen LogP contribution < -0.4 is 0 Å². The van der Waals surface area contributed by atoms with Crippen LogP contribution in [0.25, 0.3) is 56.2 Å². The van der Waals surface area contributed by atoms with E-state index in [2.05, 4.69) is 132 Å². The van der Waals surface area contributed by atoms with E-state index in [1.807, 2.05) is 6.08 Å². The average molecular weight is 425 g/mol. The summed E-state index contributed by atoms with van der Waals surface area (Å²) >= 11 is 0. The molecule has 0 aliphatic heterocycles. The van der Waals surface area contributed by atoms with Crippen LogP contribution in [-0.4, -0.2) is 9.13 Å². The first-order chi connectivity index (χ1) is 16.3. The Bertz CT molecular complexity index is 1660. The van der Waals surface area contributed by atoms with E-state index in [1.165, 1.54) is 44.0 Å². The SMILES string of the molecule is C=Cc1c(/C=C\C)c2cc3c4ccccc4n(-c4ccccc4)c3cc2n1-c1ccccc1. The zero-order valence-corrected chi connectivity index (χ0v) is 18.6. The van der Waals surface area contributed by atoms with Crippen molar-refractivity contribution in [1.29, 1.82) is 0 Å². The van der Waals surface area contributed by atoms with Gasteiger partial charge in [0.1, 0.15) is 0 Å². The Morgan fingerprint density at radius 1 is 0.606 bits per heavy atom. The van der Waals surface area contributed by atoms with E-state index < -0.39 is 0 Å². The summed E-state index contributed by atoms with van der Waals surface area (Å²) in [5.74, 6) is 0. The van der Waals surface area contributed by atoms with Crippen molar-refractivity contribution < 1.29 is 0 Å². The van der Waals surface area contributed by atoms with E-state index in [0.29, 0.717) is 0 Å². The van der Waals surface area contributed by atoms with Gasteiger partial charge in [0.25, 0.3) is 0 Å². The van der Waals surface area contributed by atoms with Crippen molar-refractivity contribution in [2.75, 3.05) is 0 Å². The summed E-state index contributed by atoms with van der Waals surface area (Å²) in [6.45, 7) is 6.24. The van der Waals surface area contributed by atoms with E-state index in [-0.39, 0.29) is 0 Å². The second-order valence-corrected chi connectivity index (χ2v) is 8.25. The number of para-hydroxylation sites is 3. The first kappa shape index (κ1) is 19.4. The van der Waals surface area contributed by atoms with Crippen LogP contribution in [-0.2, 0) is 0 Å². The molecule has 0 unspecified atom stereocenters. The third-order valence-corrected chi connectivity index (χ3v) is 6.39. The number of nitrogens with zero attached hydrogens (tertiary/aromatic N) is 2. The van der Waals surface area contributed by atoms with E-state index >= 15 is 0 Å².